The first kappa shape index (κ1) is 55.9. The van der Waals surface area contributed by atoms with Crippen LogP contribution in [0, 0.1) is 0 Å². The van der Waals surface area contributed by atoms with Crippen molar-refractivity contribution in [2.75, 3.05) is 37.7 Å². The first-order valence-electron chi connectivity index (χ1n) is 27.4. The maximum Gasteiger partial charge on any atom is 0.306 e. The number of nitrogens with one attached hydrogen (secondary N) is 1. The summed E-state index contributed by atoms with van der Waals surface area (Å²) in [7, 11) is 0. The highest BCUT2D eigenvalue weighted by atomic mass is 32.2. The molecule has 0 aromatic heterocycles. The normalized spacial score (nSPS) is 11.6. The zero-order chi connectivity index (χ0) is 51.2. The molecule has 1 amide bonds. The second-order valence-corrected chi connectivity index (χ2v) is 22.0. The number of hydrogen-bond donors (Lipinski definition) is 1. The number of unbranched alkanes of at least 4 members (excludes halogenated alkanes) is 12. The van der Waals surface area contributed by atoms with Crippen LogP contribution in [-0.4, -0.2) is 54.5 Å². The Morgan fingerprint density at radius 2 is 0.716 bits per heavy atom. The molecule has 0 radical (unpaired) electrons. The SMILES string of the molecule is O=C(CN(CCCCCCCCCCCCCCCC(=O)OCc1ccccc1)CCSC(c1ccccc1)(c1ccccc1)c1ccccc1)NCCSC(c1ccccc1)(c1ccccc1)c1ccccc1. The molecule has 0 heterocycles. The average Bonchev–Trinajstić information content (AvgIpc) is 3.46. The average molecular weight is 1020 g/mol. The predicted octanol–water partition coefficient (Wildman–Crippen LogP) is 16.1. The van der Waals surface area contributed by atoms with Crippen molar-refractivity contribution in [2.24, 2.45) is 0 Å². The van der Waals surface area contributed by atoms with Crippen LogP contribution in [0.15, 0.2) is 212 Å². The van der Waals surface area contributed by atoms with Gasteiger partial charge in [-0.3, -0.25) is 14.5 Å². The van der Waals surface area contributed by atoms with Crippen molar-refractivity contribution in [2.45, 2.75) is 106 Å². The standard InChI is InChI=1S/C67H78N2O3S2/c70-64(68-50-53-73-66(58-37-21-13-22-38-58,59-39-23-14-24-40-59)60-41-25-15-26-42-60)55-69(52-54-74-67(61-43-27-16-28-44-61,62-45-29-17-30-46-62)63-47-31-18-32-48-63)51-34-11-9-7-5-3-1-2-4-6-8-10-33-49-65(71)72-56-57-35-19-12-20-36-57/h12-32,35-48H,1-11,33-34,49-56H2,(H,68,70). The summed E-state index contributed by atoms with van der Waals surface area (Å²) >= 11 is 3.86. The molecule has 7 aromatic carbocycles. The lowest BCUT2D eigenvalue weighted by Crippen LogP contribution is -2.40. The highest BCUT2D eigenvalue weighted by Crippen LogP contribution is 2.49. The number of benzene rings is 7. The van der Waals surface area contributed by atoms with E-state index in [1.165, 1.54) is 97.6 Å². The number of thioether (sulfide) groups is 2. The van der Waals surface area contributed by atoms with Crippen LogP contribution < -0.4 is 5.32 Å². The summed E-state index contributed by atoms with van der Waals surface area (Å²) < 4.78 is 4.59. The summed E-state index contributed by atoms with van der Waals surface area (Å²) in [4.78, 5) is 28.6. The van der Waals surface area contributed by atoms with Crippen LogP contribution in [0.5, 0.6) is 0 Å². The molecule has 5 nitrogen and oxygen atoms in total. The summed E-state index contributed by atoms with van der Waals surface area (Å²) in [6.07, 6.45) is 16.1. The van der Waals surface area contributed by atoms with E-state index in [4.69, 9.17) is 4.74 Å². The number of carbonyl (C=O) groups is 2. The van der Waals surface area contributed by atoms with Crippen molar-refractivity contribution in [3.05, 3.63) is 251 Å². The molecular formula is C67H78N2O3S2. The number of nitrogens with zero attached hydrogens (tertiary/aromatic N) is 1. The molecule has 0 bridgehead atoms. The second kappa shape index (κ2) is 31.8. The van der Waals surface area contributed by atoms with Crippen LogP contribution in [0.1, 0.15) is 129 Å². The molecule has 7 heteroatoms. The van der Waals surface area contributed by atoms with E-state index in [0.29, 0.717) is 26.1 Å². The van der Waals surface area contributed by atoms with E-state index in [9.17, 15) is 9.59 Å². The second-order valence-electron chi connectivity index (χ2n) is 19.4. The topological polar surface area (TPSA) is 58.6 Å². The van der Waals surface area contributed by atoms with Gasteiger partial charge in [0.25, 0.3) is 0 Å². The molecule has 0 aliphatic heterocycles. The number of amides is 1. The largest absolute Gasteiger partial charge is 0.461 e. The van der Waals surface area contributed by atoms with Gasteiger partial charge in [0, 0.05) is 31.0 Å². The van der Waals surface area contributed by atoms with Crippen molar-refractivity contribution in [3.8, 4) is 0 Å². The van der Waals surface area contributed by atoms with Crippen LogP contribution in [0.3, 0.4) is 0 Å². The van der Waals surface area contributed by atoms with E-state index in [0.717, 1.165) is 49.4 Å². The third-order valence-corrected chi connectivity index (χ3v) is 17.1. The Kier molecular flexibility index (Phi) is 24.0. The third kappa shape index (κ3) is 17.1. The Morgan fingerprint density at radius 3 is 1.09 bits per heavy atom. The Balaban J connectivity index is 0.899. The molecule has 0 spiro atoms. The minimum Gasteiger partial charge on any atom is -0.461 e. The quantitative estimate of drug-likeness (QED) is 0.0247. The molecule has 74 heavy (non-hydrogen) atoms. The van der Waals surface area contributed by atoms with E-state index < -0.39 is 9.49 Å². The lowest BCUT2D eigenvalue weighted by Gasteiger charge is -2.36. The molecule has 7 aromatic rings. The van der Waals surface area contributed by atoms with E-state index in [-0.39, 0.29) is 11.9 Å². The lowest BCUT2D eigenvalue weighted by molar-refractivity contribution is -0.145. The van der Waals surface area contributed by atoms with Crippen molar-refractivity contribution < 1.29 is 14.3 Å². The first-order valence-corrected chi connectivity index (χ1v) is 29.3. The number of carbonyl (C=O) groups excluding carboxylic acids is 2. The van der Waals surface area contributed by atoms with Crippen LogP contribution in [0.25, 0.3) is 0 Å². The summed E-state index contributed by atoms with van der Waals surface area (Å²) in [5, 5.41) is 3.36. The lowest BCUT2D eigenvalue weighted by atomic mass is 9.84. The molecule has 0 saturated heterocycles. The van der Waals surface area contributed by atoms with E-state index >= 15 is 0 Å². The minimum absolute atomic E-state index is 0.0833. The van der Waals surface area contributed by atoms with Crippen LogP contribution in [0.4, 0.5) is 0 Å². The molecule has 0 aliphatic rings. The minimum atomic E-state index is -0.426. The van der Waals surface area contributed by atoms with Gasteiger partial charge in [0.2, 0.25) is 5.91 Å². The van der Waals surface area contributed by atoms with Crippen LogP contribution in [-0.2, 0) is 30.4 Å². The van der Waals surface area contributed by atoms with Crippen molar-refractivity contribution in [1.29, 1.82) is 0 Å². The van der Waals surface area contributed by atoms with Gasteiger partial charge in [0.15, 0.2) is 0 Å². The maximum atomic E-state index is 14.1. The maximum absolute atomic E-state index is 14.1. The molecule has 0 fully saturated rings. The molecule has 0 aliphatic carbocycles. The summed E-state index contributed by atoms with van der Waals surface area (Å²) in [6.45, 7) is 3.02. The third-order valence-electron chi connectivity index (χ3n) is 14.0. The fraction of sp³-hybridized carbons (Fsp3) is 0.343. The van der Waals surface area contributed by atoms with Gasteiger partial charge < -0.3 is 10.1 Å². The van der Waals surface area contributed by atoms with E-state index in [1.807, 2.05) is 53.9 Å². The number of hydrogen-bond acceptors (Lipinski definition) is 6. The molecule has 7 rings (SSSR count). The van der Waals surface area contributed by atoms with E-state index in [1.54, 1.807) is 0 Å². The first-order chi connectivity index (χ1) is 36.6. The zero-order valence-electron chi connectivity index (χ0n) is 43.5. The number of ether oxygens (including phenoxy) is 1. The number of esters is 1. The van der Waals surface area contributed by atoms with Gasteiger partial charge in [0.05, 0.1) is 16.0 Å². The van der Waals surface area contributed by atoms with Crippen molar-refractivity contribution in [3.63, 3.8) is 0 Å². The number of rotatable bonds is 34. The van der Waals surface area contributed by atoms with Gasteiger partial charge in [-0.05, 0) is 58.3 Å². The van der Waals surface area contributed by atoms with Gasteiger partial charge in [0.1, 0.15) is 6.61 Å². The predicted molar refractivity (Wildman–Crippen MR) is 314 cm³/mol. The van der Waals surface area contributed by atoms with Gasteiger partial charge in [-0.15, -0.1) is 23.5 Å². The molecule has 386 valence electrons. The van der Waals surface area contributed by atoms with Crippen LogP contribution in [0.2, 0.25) is 0 Å². The summed E-state index contributed by atoms with van der Waals surface area (Å²) in [5.74, 6) is 1.61. The van der Waals surface area contributed by atoms with Gasteiger partial charge in [-0.25, -0.2) is 0 Å². The smallest absolute Gasteiger partial charge is 0.306 e. The Bertz CT molecular complexity index is 2390. The molecule has 0 unspecified atom stereocenters. The highest BCUT2D eigenvalue weighted by Gasteiger charge is 2.38. The van der Waals surface area contributed by atoms with Crippen LogP contribution >= 0.6 is 23.5 Å². The molecule has 0 saturated carbocycles. The molecule has 0 atom stereocenters. The Hall–Kier alpha value is -5.86. The van der Waals surface area contributed by atoms with Gasteiger partial charge in [-0.2, -0.15) is 0 Å². The highest BCUT2D eigenvalue weighted by molar-refractivity contribution is 8.00. The monoisotopic (exact) mass is 1020 g/mol. The fourth-order valence-corrected chi connectivity index (χ4v) is 13.1. The van der Waals surface area contributed by atoms with Crippen molar-refractivity contribution in [1.82, 2.24) is 10.2 Å². The Labute approximate surface area is 452 Å². The zero-order valence-corrected chi connectivity index (χ0v) is 45.2. The Morgan fingerprint density at radius 1 is 0.392 bits per heavy atom. The summed E-state index contributed by atoms with van der Waals surface area (Å²) in [6, 6.07) is 75.0. The van der Waals surface area contributed by atoms with Gasteiger partial charge >= 0.3 is 5.97 Å². The summed E-state index contributed by atoms with van der Waals surface area (Å²) in [5.41, 5.74) is 8.49. The molecular weight excluding hydrogens is 945 g/mol. The van der Waals surface area contributed by atoms with E-state index in [2.05, 4.69) is 192 Å². The van der Waals surface area contributed by atoms with Crippen molar-refractivity contribution >= 4 is 35.4 Å². The molecule has 1 N–H and O–H groups in total. The van der Waals surface area contributed by atoms with Gasteiger partial charge in [-0.1, -0.05) is 283 Å². The fourth-order valence-electron chi connectivity index (χ4n) is 10.1.